The molecule has 0 spiro atoms. The molecule has 0 saturated carbocycles. The van der Waals surface area contributed by atoms with Crippen LogP contribution in [0.15, 0.2) is 64.7 Å². The van der Waals surface area contributed by atoms with E-state index >= 15 is 0 Å². The number of para-hydroxylation sites is 2. The smallest absolute Gasteiger partial charge is 0.350 e. The fourth-order valence-electron chi connectivity index (χ4n) is 2.64. The van der Waals surface area contributed by atoms with Gasteiger partial charge in [-0.15, -0.1) is 0 Å². The topological polar surface area (TPSA) is 90.7 Å². The second kappa shape index (κ2) is 6.28. The molecule has 7 heteroatoms. The first-order chi connectivity index (χ1) is 12.9. The van der Waals surface area contributed by atoms with Gasteiger partial charge in [0, 0.05) is 31.3 Å². The highest BCUT2D eigenvalue weighted by Gasteiger charge is 2.38. The predicted octanol–water partition coefficient (Wildman–Crippen LogP) is 3.63. The Labute approximate surface area is 154 Å². The normalized spacial score (nSPS) is 16.0. The summed E-state index contributed by atoms with van der Waals surface area (Å²) in [5.74, 6) is -2.20. The van der Waals surface area contributed by atoms with Crippen molar-refractivity contribution in [1.82, 2.24) is 4.98 Å². The molecule has 4 rings (SSSR count). The lowest BCUT2D eigenvalue weighted by Crippen LogP contribution is -2.42. The summed E-state index contributed by atoms with van der Waals surface area (Å²) in [6.45, 7) is 3.00. The molecule has 3 aromatic rings. The quantitative estimate of drug-likeness (QED) is 0.431. The lowest BCUT2D eigenvalue weighted by molar-refractivity contribution is -0.222. The molecule has 7 nitrogen and oxygen atoms in total. The maximum Gasteiger partial charge on any atom is 0.350 e. The Morgan fingerprint density at radius 1 is 0.963 bits per heavy atom. The maximum absolute atomic E-state index is 11.9. The van der Waals surface area contributed by atoms with E-state index in [2.05, 4.69) is 10.3 Å². The van der Waals surface area contributed by atoms with Crippen LogP contribution in [0.5, 0.6) is 0 Å². The molecule has 0 radical (unpaired) electrons. The number of benzene rings is 2. The summed E-state index contributed by atoms with van der Waals surface area (Å²) in [7, 11) is 0. The first kappa shape index (κ1) is 16.8. The molecule has 2 aromatic carbocycles. The lowest BCUT2D eigenvalue weighted by Gasteiger charge is -2.29. The van der Waals surface area contributed by atoms with Crippen LogP contribution in [0.25, 0.3) is 22.6 Å². The van der Waals surface area contributed by atoms with E-state index in [1.807, 2.05) is 36.4 Å². The molecule has 1 saturated heterocycles. The number of nitrogens with one attached hydrogen (secondary N) is 1. The Hall–Kier alpha value is -3.61. The van der Waals surface area contributed by atoms with Gasteiger partial charge in [0.1, 0.15) is 5.52 Å². The standard InChI is InChI=1S/C20H16N2O5/c1-20(2)26-18(23)14(19(24)27-20)11-21-13-9-7-12(8-10-13)17-22-15-5-3-4-6-16(15)25-17/h3-11,21H,1-2H3. The van der Waals surface area contributed by atoms with Gasteiger partial charge in [0.15, 0.2) is 11.2 Å². The van der Waals surface area contributed by atoms with Crippen molar-refractivity contribution >= 4 is 28.7 Å². The summed E-state index contributed by atoms with van der Waals surface area (Å²) in [5, 5.41) is 2.89. The first-order valence-corrected chi connectivity index (χ1v) is 8.31. The maximum atomic E-state index is 11.9. The van der Waals surface area contributed by atoms with E-state index in [4.69, 9.17) is 13.9 Å². The number of hydrogen-bond donors (Lipinski definition) is 1. The van der Waals surface area contributed by atoms with Gasteiger partial charge in [-0.1, -0.05) is 12.1 Å². The van der Waals surface area contributed by atoms with Gasteiger partial charge in [-0.25, -0.2) is 14.6 Å². The summed E-state index contributed by atoms with van der Waals surface area (Å²) >= 11 is 0. The zero-order valence-corrected chi connectivity index (χ0v) is 14.7. The lowest BCUT2D eigenvalue weighted by atomic mass is 10.2. The third-order valence-corrected chi connectivity index (χ3v) is 3.93. The number of ether oxygens (including phenoxy) is 2. The highest BCUT2D eigenvalue weighted by atomic mass is 16.7. The summed E-state index contributed by atoms with van der Waals surface area (Å²) in [6.07, 6.45) is 1.27. The van der Waals surface area contributed by atoms with E-state index in [0.29, 0.717) is 11.6 Å². The van der Waals surface area contributed by atoms with Crippen molar-refractivity contribution in [3.05, 3.63) is 60.3 Å². The molecule has 2 heterocycles. The molecule has 1 aliphatic heterocycles. The van der Waals surface area contributed by atoms with Gasteiger partial charge in [-0.3, -0.25) is 0 Å². The van der Waals surface area contributed by atoms with Gasteiger partial charge >= 0.3 is 11.9 Å². The number of anilines is 1. The Morgan fingerprint density at radius 2 is 1.63 bits per heavy atom. The summed E-state index contributed by atoms with van der Waals surface area (Å²) in [6, 6.07) is 14.7. The number of esters is 2. The minimum atomic E-state index is -1.26. The average molecular weight is 364 g/mol. The van der Waals surface area contributed by atoms with E-state index < -0.39 is 17.7 Å². The van der Waals surface area contributed by atoms with Crippen LogP contribution in [0.2, 0.25) is 0 Å². The number of fused-ring (bicyclic) bond motifs is 1. The number of cyclic esters (lactones) is 2. The van der Waals surface area contributed by atoms with Gasteiger partial charge < -0.3 is 19.2 Å². The Morgan fingerprint density at radius 3 is 2.30 bits per heavy atom. The van der Waals surface area contributed by atoms with Crippen LogP contribution >= 0.6 is 0 Å². The van der Waals surface area contributed by atoms with E-state index in [-0.39, 0.29) is 5.57 Å². The van der Waals surface area contributed by atoms with E-state index in [1.165, 1.54) is 20.0 Å². The Balaban J connectivity index is 1.51. The van der Waals surface area contributed by atoms with E-state index in [0.717, 1.165) is 16.7 Å². The zero-order chi connectivity index (χ0) is 19.0. The monoisotopic (exact) mass is 364 g/mol. The van der Waals surface area contributed by atoms with Crippen molar-refractivity contribution in [2.24, 2.45) is 0 Å². The zero-order valence-electron chi connectivity index (χ0n) is 14.7. The highest BCUT2D eigenvalue weighted by Crippen LogP contribution is 2.26. The summed E-state index contributed by atoms with van der Waals surface area (Å²) < 4.78 is 15.8. The van der Waals surface area contributed by atoms with Crippen molar-refractivity contribution < 1.29 is 23.5 Å². The van der Waals surface area contributed by atoms with E-state index in [9.17, 15) is 9.59 Å². The number of oxazole rings is 1. The third kappa shape index (κ3) is 3.39. The van der Waals surface area contributed by atoms with Crippen LogP contribution in [-0.2, 0) is 19.1 Å². The number of rotatable bonds is 3. The minimum Gasteiger partial charge on any atom is -0.436 e. The number of carbonyl (C=O) groups excluding carboxylic acids is 2. The van der Waals surface area contributed by atoms with E-state index in [1.54, 1.807) is 12.1 Å². The molecule has 0 atom stereocenters. The number of carbonyl (C=O) groups is 2. The minimum absolute atomic E-state index is 0.197. The summed E-state index contributed by atoms with van der Waals surface area (Å²) in [5.41, 5.74) is 2.79. The third-order valence-electron chi connectivity index (χ3n) is 3.93. The molecule has 0 amide bonds. The molecule has 136 valence electrons. The second-order valence-electron chi connectivity index (χ2n) is 6.45. The molecule has 1 aliphatic rings. The van der Waals surface area contributed by atoms with Crippen molar-refractivity contribution in [3.63, 3.8) is 0 Å². The molecule has 1 aromatic heterocycles. The van der Waals surface area contributed by atoms with Gasteiger partial charge in [0.2, 0.25) is 5.89 Å². The van der Waals surface area contributed by atoms with Crippen LogP contribution < -0.4 is 5.32 Å². The SMILES string of the molecule is CC1(C)OC(=O)C(=CNc2ccc(-c3nc4ccccc4o3)cc2)C(=O)O1. The molecular weight excluding hydrogens is 348 g/mol. The van der Waals surface area contributed by atoms with Crippen molar-refractivity contribution in [1.29, 1.82) is 0 Å². The summed E-state index contributed by atoms with van der Waals surface area (Å²) in [4.78, 5) is 28.3. The highest BCUT2D eigenvalue weighted by molar-refractivity contribution is 6.15. The molecule has 27 heavy (non-hydrogen) atoms. The molecular formula is C20H16N2O5. The van der Waals surface area contributed by atoms with Crippen LogP contribution in [-0.4, -0.2) is 22.7 Å². The van der Waals surface area contributed by atoms with Crippen molar-refractivity contribution in [3.8, 4) is 11.5 Å². The van der Waals surface area contributed by atoms with Crippen LogP contribution in [0.1, 0.15) is 13.8 Å². The van der Waals surface area contributed by atoms with Crippen LogP contribution in [0.3, 0.4) is 0 Å². The Kier molecular flexibility index (Phi) is 3.92. The number of nitrogens with zero attached hydrogens (tertiary/aromatic N) is 1. The number of aromatic nitrogens is 1. The van der Waals surface area contributed by atoms with Gasteiger partial charge in [-0.2, -0.15) is 0 Å². The van der Waals surface area contributed by atoms with Crippen molar-refractivity contribution in [2.75, 3.05) is 5.32 Å². The van der Waals surface area contributed by atoms with Gasteiger partial charge in [0.05, 0.1) is 0 Å². The van der Waals surface area contributed by atoms with Gasteiger partial charge in [-0.05, 0) is 36.4 Å². The fourth-order valence-corrected chi connectivity index (χ4v) is 2.64. The molecule has 0 aliphatic carbocycles. The van der Waals surface area contributed by atoms with Crippen molar-refractivity contribution in [2.45, 2.75) is 19.6 Å². The Bertz CT molecular complexity index is 1010. The largest absolute Gasteiger partial charge is 0.436 e. The van der Waals surface area contributed by atoms with Crippen LogP contribution in [0.4, 0.5) is 5.69 Å². The van der Waals surface area contributed by atoms with Gasteiger partial charge in [0.25, 0.3) is 5.79 Å². The molecule has 1 N–H and O–H groups in total. The molecule has 1 fully saturated rings. The molecule has 0 bridgehead atoms. The first-order valence-electron chi connectivity index (χ1n) is 8.31. The number of hydrogen-bond acceptors (Lipinski definition) is 7. The van der Waals surface area contributed by atoms with Crippen LogP contribution in [0, 0.1) is 0 Å². The second-order valence-corrected chi connectivity index (χ2v) is 6.45. The molecule has 0 unspecified atom stereocenters. The predicted molar refractivity (Wildman–Crippen MR) is 97.4 cm³/mol. The average Bonchev–Trinajstić information content (AvgIpc) is 3.04. The fraction of sp³-hybridized carbons (Fsp3) is 0.150.